The molecule has 1 unspecified atom stereocenters. The minimum Gasteiger partial charge on any atom is -0.481 e. The van der Waals surface area contributed by atoms with Crippen molar-refractivity contribution in [1.82, 2.24) is 10.2 Å². The molecule has 0 aromatic rings. The van der Waals surface area contributed by atoms with Crippen molar-refractivity contribution < 1.29 is 24.2 Å². The Kier molecular flexibility index (Phi) is 6.77. The van der Waals surface area contributed by atoms with Crippen LogP contribution in [0.2, 0.25) is 0 Å². The Bertz CT molecular complexity index is 317. The van der Waals surface area contributed by atoms with Crippen LogP contribution >= 0.6 is 0 Å². The first-order valence-corrected chi connectivity index (χ1v) is 5.66. The number of esters is 1. The molecule has 1 atom stereocenters. The molecule has 0 spiro atoms. The van der Waals surface area contributed by atoms with Crippen LogP contribution < -0.4 is 5.32 Å². The van der Waals surface area contributed by atoms with Gasteiger partial charge in [-0.15, -0.1) is 0 Å². The van der Waals surface area contributed by atoms with Gasteiger partial charge in [-0.3, -0.25) is 4.79 Å². The molecule has 0 aromatic heterocycles. The average Bonchev–Trinajstić information content (AvgIpc) is 2.26. The van der Waals surface area contributed by atoms with E-state index >= 15 is 0 Å². The van der Waals surface area contributed by atoms with Gasteiger partial charge in [-0.2, -0.15) is 0 Å². The molecule has 18 heavy (non-hydrogen) atoms. The van der Waals surface area contributed by atoms with E-state index in [1.165, 1.54) is 18.9 Å². The van der Waals surface area contributed by atoms with E-state index in [4.69, 9.17) is 5.11 Å². The highest BCUT2D eigenvalue weighted by Gasteiger charge is 2.22. The number of urea groups is 1. The molecular formula is C11H20N2O5. The number of hydrogen-bond donors (Lipinski definition) is 2. The zero-order valence-electron chi connectivity index (χ0n) is 11.1. The molecular weight excluding hydrogens is 240 g/mol. The van der Waals surface area contributed by atoms with Crippen LogP contribution in [-0.4, -0.2) is 53.7 Å². The normalized spacial score (nSPS) is 11.8. The zero-order valence-corrected chi connectivity index (χ0v) is 11.1. The SMILES string of the molecule is COC(=O)C(C)NC(=O)N(CCC(=O)O)C(C)C. The number of carbonyl (C=O) groups is 3. The molecule has 0 radical (unpaired) electrons. The molecule has 0 aliphatic rings. The predicted octanol–water partition coefficient (Wildman–Crippen LogP) is 0.443. The first-order chi connectivity index (χ1) is 8.29. The van der Waals surface area contributed by atoms with E-state index in [1.807, 2.05) is 0 Å². The molecule has 104 valence electrons. The van der Waals surface area contributed by atoms with Gasteiger partial charge >= 0.3 is 18.0 Å². The third-order valence-electron chi connectivity index (χ3n) is 2.35. The number of methoxy groups -OCH3 is 1. The van der Waals surface area contributed by atoms with E-state index in [9.17, 15) is 14.4 Å². The summed E-state index contributed by atoms with van der Waals surface area (Å²) in [6.07, 6.45) is -0.141. The van der Waals surface area contributed by atoms with Crippen molar-refractivity contribution in [1.29, 1.82) is 0 Å². The minimum absolute atomic E-state index is 0.0900. The molecule has 0 aliphatic heterocycles. The van der Waals surface area contributed by atoms with Crippen LogP contribution in [0.4, 0.5) is 4.79 Å². The van der Waals surface area contributed by atoms with Crippen LogP contribution in [0.25, 0.3) is 0 Å². The number of rotatable bonds is 6. The van der Waals surface area contributed by atoms with Crippen LogP contribution in [0.5, 0.6) is 0 Å². The van der Waals surface area contributed by atoms with Crippen LogP contribution in [0, 0.1) is 0 Å². The summed E-state index contributed by atoms with van der Waals surface area (Å²) < 4.78 is 4.49. The van der Waals surface area contributed by atoms with Gasteiger partial charge in [0.1, 0.15) is 6.04 Å². The third-order valence-corrected chi connectivity index (χ3v) is 2.35. The number of nitrogens with one attached hydrogen (secondary N) is 1. The monoisotopic (exact) mass is 260 g/mol. The van der Waals surface area contributed by atoms with Gasteiger partial charge in [0, 0.05) is 12.6 Å². The fraction of sp³-hybridized carbons (Fsp3) is 0.727. The molecule has 0 aliphatic carbocycles. The minimum atomic E-state index is -0.977. The van der Waals surface area contributed by atoms with E-state index in [2.05, 4.69) is 10.1 Å². The molecule has 0 saturated carbocycles. The second-order valence-corrected chi connectivity index (χ2v) is 4.13. The summed E-state index contributed by atoms with van der Waals surface area (Å²) in [7, 11) is 1.23. The van der Waals surface area contributed by atoms with Gasteiger partial charge in [0.25, 0.3) is 0 Å². The first-order valence-electron chi connectivity index (χ1n) is 5.66. The van der Waals surface area contributed by atoms with Crippen molar-refractivity contribution in [2.45, 2.75) is 39.3 Å². The van der Waals surface area contributed by atoms with Gasteiger partial charge in [0.2, 0.25) is 0 Å². The van der Waals surface area contributed by atoms with Gasteiger partial charge < -0.3 is 20.1 Å². The molecule has 7 nitrogen and oxygen atoms in total. The van der Waals surface area contributed by atoms with Gasteiger partial charge in [0.15, 0.2) is 0 Å². The van der Waals surface area contributed by atoms with Crippen LogP contribution in [0.3, 0.4) is 0 Å². The molecule has 0 fully saturated rings. The smallest absolute Gasteiger partial charge is 0.328 e. The molecule has 0 saturated heterocycles. The Labute approximate surface area is 106 Å². The van der Waals surface area contributed by atoms with Crippen LogP contribution in [-0.2, 0) is 14.3 Å². The van der Waals surface area contributed by atoms with Crippen molar-refractivity contribution in [3.63, 3.8) is 0 Å². The van der Waals surface area contributed by atoms with E-state index < -0.39 is 24.0 Å². The average molecular weight is 260 g/mol. The summed E-state index contributed by atoms with van der Waals surface area (Å²) in [6.45, 7) is 5.13. The second-order valence-electron chi connectivity index (χ2n) is 4.13. The highest BCUT2D eigenvalue weighted by Crippen LogP contribution is 2.02. The lowest BCUT2D eigenvalue weighted by atomic mass is 10.3. The maximum atomic E-state index is 11.8. The molecule has 2 amide bonds. The lowest BCUT2D eigenvalue weighted by Crippen LogP contribution is -2.49. The molecule has 7 heteroatoms. The lowest BCUT2D eigenvalue weighted by Gasteiger charge is -2.27. The van der Waals surface area contributed by atoms with Crippen LogP contribution in [0.1, 0.15) is 27.2 Å². The van der Waals surface area contributed by atoms with Crippen molar-refractivity contribution in [2.75, 3.05) is 13.7 Å². The number of carboxylic acids is 1. The van der Waals surface area contributed by atoms with Gasteiger partial charge in [-0.1, -0.05) is 0 Å². The predicted molar refractivity (Wildman–Crippen MR) is 64.1 cm³/mol. The fourth-order valence-electron chi connectivity index (χ4n) is 1.31. The van der Waals surface area contributed by atoms with Gasteiger partial charge in [-0.25, -0.2) is 9.59 Å². The summed E-state index contributed by atoms with van der Waals surface area (Å²) >= 11 is 0. The summed E-state index contributed by atoms with van der Waals surface area (Å²) in [6, 6.07) is -1.41. The standard InChI is InChI=1S/C11H20N2O5/c1-7(2)13(6-5-9(14)15)11(17)12-8(3)10(16)18-4/h7-8H,5-6H2,1-4H3,(H,12,17)(H,14,15). The maximum absolute atomic E-state index is 11.8. The highest BCUT2D eigenvalue weighted by molar-refractivity contribution is 5.83. The summed E-state index contributed by atoms with van der Waals surface area (Å²) in [5.41, 5.74) is 0. The largest absolute Gasteiger partial charge is 0.481 e. The second kappa shape index (κ2) is 7.52. The summed E-state index contributed by atoms with van der Waals surface area (Å²) in [4.78, 5) is 34.8. The molecule has 0 aromatic carbocycles. The number of carbonyl (C=O) groups excluding carboxylic acids is 2. The van der Waals surface area contributed by atoms with E-state index in [0.717, 1.165) is 0 Å². The van der Waals surface area contributed by atoms with E-state index in [0.29, 0.717) is 0 Å². The van der Waals surface area contributed by atoms with Crippen molar-refractivity contribution in [3.8, 4) is 0 Å². The zero-order chi connectivity index (χ0) is 14.3. The summed E-state index contributed by atoms with van der Waals surface area (Å²) in [5.74, 6) is -1.53. The number of ether oxygens (including phenoxy) is 1. The Morgan fingerprint density at radius 1 is 1.28 bits per heavy atom. The van der Waals surface area contributed by atoms with Crippen molar-refractivity contribution in [3.05, 3.63) is 0 Å². The summed E-state index contributed by atoms with van der Waals surface area (Å²) in [5, 5.41) is 11.1. The molecule has 0 heterocycles. The van der Waals surface area contributed by atoms with Gasteiger partial charge in [0.05, 0.1) is 13.5 Å². The Morgan fingerprint density at radius 2 is 1.83 bits per heavy atom. The molecule has 2 N–H and O–H groups in total. The highest BCUT2D eigenvalue weighted by atomic mass is 16.5. The Balaban J connectivity index is 4.48. The fourth-order valence-corrected chi connectivity index (χ4v) is 1.31. The Hall–Kier alpha value is -1.79. The van der Waals surface area contributed by atoms with Crippen molar-refractivity contribution >= 4 is 18.0 Å². The number of amides is 2. The van der Waals surface area contributed by atoms with Gasteiger partial charge in [-0.05, 0) is 20.8 Å². The lowest BCUT2D eigenvalue weighted by molar-refractivity contribution is -0.142. The number of aliphatic carboxylic acids is 1. The number of nitrogens with zero attached hydrogens (tertiary/aromatic N) is 1. The maximum Gasteiger partial charge on any atom is 0.328 e. The quantitative estimate of drug-likeness (QED) is 0.676. The number of carboxylic acid groups (broad SMARTS) is 1. The third kappa shape index (κ3) is 5.51. The topological polar surface area (TPSA) is 95.9 Å². The number of hydrogen-bond acceptors (Lipinski definition) is 4. The van der Waals surface area contributed by atoms with Crippen LogP contribution in [0.15, 0.2) is 0 Å². The first kappa shape index (κ1) is 16.2. The molecule has 0 bridgehead atoms. The van der Waals surface area contributed by atoms with E-state index in [1.54, 1.807) is 13.8 Å². The van der Waals surface area contributed by atoms with E-state index in [-0.39, 0.29) is 19.0 Å². The van der Waals surface area contributed by atoms with Crippen molar-refractivity contribution in [2.24, 2.45) is 0 Å². The molecule has 0 rings (SSSR count). The Morgan fingerprint density at radius 3 is 2.22 bits per heavy atom.